The minimum absolute atomic E-state index is 0.0864. The van der Waals surface area contributed by atoms with E-state index in [2.05, 4.69) is 10.3 Å². The molecule has 0 spiro atoms. The first-order valence-corrected chi connectivity index (χ1v) is 12.9. The Morgan fingerprint density at radius 3 is 2.12 bits per heavy atom. The lowest BCUT2D eigenvalue weighted by Gasteiger charge is -2.44. The molecule has 1 fully saturated rings. The van der Waals surface area contributed by atoms with Crippen molar-refractivity contribution < 1.29 is 50.9 Å². The summed E-state index contributed by atoms with van der Waals surface area (Å²) < 4.78 is 78.4. The molecule has 41 heavy (non-hydrogen) atoms. The first-order chi connectivity index (χ1) is 19.4. The highest BCUT2D eigenvalue weighted by molar-refractivity contribution is 7.99. The summed E-state index contributed by atoms with van der Waals surface area (Å²) in [7, 11) is 0. The monoisotopic (exact) mass is 597 g/mol. The second-order valence-corrected chi connectivity index (χ2v) is 10.1. The highest BCUT2D eigenvalue weighted by Crippen LogP contribution is 2.41. The SMILES string of the molecule is CC(=O)OCC1OC(Sc2ccc(F)cc2)C(OC(C)=O)C(n2cc(-c3cc(F)c(F)c(F)c3)nn2)C1OC(C)=O. The first-order valence-electron chi connectivity index (χ1n) is 12.0. The molecule has 0 bridgehead atoms. The second kappa shape index (κ2) is 12.7. The molecule has 0 saturated carbocycles. The minimum atomic E-state index is -1.66. The quantitative estimate of drug-likeness (QED) is 0.163. The lowest BCUT2D eigenvalue weighted by atomic mass is 9.96. The number of esters is 3. The molecule has 218 valence electrons. The molecule has 0 radical (unpaired) electrons. The van der Waals surface area contributed by atoms with E-state index in [-0.39, 0.29) is 17.9 Å². The van der Waals surface area contributed by atoms with Gasteiger partial charge >= 0.3 is 17.9 Å². The number of benzene rings is 2. The van der Waals surface area contributed by atoms with Crippen molar-refractivity contribution in [3.05, 3.63) is 65.9 Å². The summed E-state index contributed by atoms with van der Waals surface area (Å²) in [5.74, 6) is -7.20. The molecule has 2 heterocycles. The average molecular weight is 598 g/mol. The first kappa shape index (κ1) is 30.0. The maximum absolute atomic E-state index is 13.9. The third-order valence-corrected chi connectivity index (χ3v) is 6.99. The second-order valence-electron chi connectivity index (χ2n) is 8.89. The largest absolute Gasteiger partial charge is 0.463 e. The summed E-state index contributed by atoms with van der Waals surface area (Å²) in [6.45, 7) is 3.04. The summed E-state index contributed by atoms with van der Waals surface area (Å²) in [5, 5.41) is 7.94. The zero-order valence-corrected chi connectivity index (χ0v) is 22.6. The van der Waals surface area contributed by atoms with Crippen LogP contribution < -0.4 is 0 Å². The Bertz CT molecular complexity index is 1420. The Morgan fingerprint density at radius 1 is 0.927 bits per heavy atom. The van der Waals surface area contributed by atoms with Gasteiger partial charge < -0.3 is 18.9 Å². The third-order valence-electron chi connectivity index (χ3n) is 5.83. The molecule has 5 atom stereocenters. The van der Waals surface area contributed by atoms with Gasteiger partial charge in [-0.1, -0.05) is 17.0 Å². The molecule has 15 heteroatoms. The predicted molar refractivity (Wildman–Crippen MR) is 133 cm³/mol. The van der Waals surface area contributed by atoms with Crippen LogP contribution in [-0.2, 0) is 33.3 Å². The Kier molecular flexibility index (Phi) is 9.28. The van der Waals surface area contributed by atoms with Crippen LogP contribution in [0.3, 0.4) is 0 Å². The molecular formula is C26H23F4N3O7S. The van der Waals surface area contributed by atoms with E-state index in [4.69, 9.17) is 18.9 Å². The van der Waals surface area contributed by atoms with Crippen LogP contribution in [0.2, 0.25) is 0 Å². The molecule has 1 saturated heterocycles. The topological polar surface area (TPSA) is 119 Å². The van der Waals surface area contributed by atoms with Gasteiger partial charge in [-0.15, -0.1) is 5.10 Å². The average Bonchev–Trinajstić information content (AvgIpc) is 3.38. The van der Waals surface area contributed by atoms with Gasteiger partial charge in [-0.05, 0) is 36.4 Å². The molecule has 0 N–H and O–H groups in total. The standard InChI is InChI=1S/C26H23F4N3O7S/c1-12(34)37-11-21-24(38-13(2)35)23(33-10-20(31-32-33)15-8-18(28)22(30)19(29)9-15)25(39-14(3)36)26(40-21)41-17-6-4-16(27)5-7-17/h4-10,21,23-26H,11H2,1-3H3. The van der Waals surface area contributed by atoms with Crippen molar-refractivity contribution in [3.63, 3.8) is 0 Å². The molecule has 1 aliphatic heterocycles. The van der Waals surface area contributed by atoms with Gasteiger partial charge in [0.25, 0.3) is 0 Å². The van der Waals surface area contributed by atoms with E-state index in [0.29, 0.717) is 4.90 Å². The van der Waals surface area contributed by atoms with E-state index in [0.717, 1.165) is 49.3 Å². The number of halogens is 4. The summed E-state index contributed by atoms with van der Waals surface area (Å²) in [6.07, 6.45) is -2.41. The van der Waals surface area contributed by atoms with E-state index in [1.54, 1.807) is 0 Å². The van der Waals surface area contributed by atoms with Gasteiger partial charge in [0.1, 0.15) is 35.7 Å². The van der Waals surface area contributed by atoms with Gasteiger partial charge in [-0.2, -0.15) is 0 Å². The fourth-order valence-corrected chi connectivity index (χ4v) is 5.29. The predicted octanol–water partition coefficient (Wildman–Crippen LogP) is 3.99. The Labute approximate surface area is 234 Å². The third kappa shape index (κ3) is 7.21. The summed E-state index contributed by atoms with van der Waals surface area (Å²) in [4.78, 5) is 36.5. The van der Waals surface area contributed by atoms with E-state index in [1.165, 1.54) is 30.5 Å². The maximum Gasteiger partial charge on any atom is 0.303 e. The number of nitrogens with zero attached hydrogens (tertiary/aromatic N) is 3. The van der Waals surface area contributed by atoms with Crippen LogP contribution in [0.5, 0.6) is 0 Å². The molecule has 1 aliphatic rings. The van der Waals surface area contributed by atoms with Crippen molar-refractivity contribution in [2.75, 3.05) is 6.61 Å². The molecule has 1 aromatic heterocycles. The lowest BCUT2D eigenvalue weighted by molar-refractivity contribution is -0.212. The minimum Gasteiger partial charge on any atom is -0.463 e. The number of hydrogen-bond donors (Lipinski definition) is 0. The molecule has 10 nitrogen and oxygen atoms in total. The number of hydrogen-bond acceptors (Lipinski definition) is 10. The lowest BCUT2D eigenvalue weighted by Crippen LogP contribution is -2.57. The molecular weight excluding hydrogens is 574 g/mol. The summed E-state index contributed by atoms with van der Waals surface area (Å²) in [6, 6.07) is 5.63. The molecule has 0 aliphatic carbocycles. The smallest absolute Gasteiger partial charge is 0.303 e. The summed E-state index contributed by atoms with van der Waals surface area (Å²) >= 11 is 1.04. The van der Waals surface area contributed by atoms with E-state index in [1.807, 2.05) is 0 Å². The van der Waals surface area contributed by atoms with Crippen LogP contribution >= 0.6 is 11.8 Å². The zero-order chi connectivity index (χ0) is 29.8. The number of thioether (sulfide) groups is 1. The van der Waals surface area contributed by atoms with Crippen LogP contribution in [0.25, 0.3) is 11.3 Å². The number of carbonyl (C=O) groups excluding carboxylic acids is 3. The number of ether oxygens (including phenoxy) is 4. The van der Waals surface area contributed by atoms with Crippen LogP contribution in [0, 0.1) is 23.3 Å². The van der Waals surface area contributed by atoms with Gasteiger partial charge in [0.2, 0.25) is 0 Å². The highest BCUT2D eigenvalue weighted by atomic mass is 32.2. The van der Waals surface area contributed by atoms with Crippen molar-refractivity contribution in [2.45, 2.75) is 55.5 Å². The number of aromatic nitrogens is 3. The highest BCUT2D eigenvalue weighted by Gasteiger charge is 2.52. The van der Waals surface area contributed by atoms with Crippen LogP contribution in [-0.4, -0.2) is 63.3 Å². The van der Waals surface area contributed by atoms with Crippen molar-refractivity contribution in [2.24, 2.45) is 0 Å². The molecule has 0 amide bonds. The van der Waals surface area contributed by atoms with Crippen molar-refractivity contribution >= 4 is 29.7 Å². The number of carbonyl (C=O) groups is 3. The molecule has 5 unspecified atom stereocenters. The zero-order valence-electron chi connectivity index (χ0n) is 21.8. The molecule has 4 rings (SSSR count). The normalized spacial score (nSPS) is 22.2. The Balaban J connectivity index is 1.81. The fourth-order valence-electron chi connectivity index (χ4n) is 4.18. The van der Waals surface area contributed by atoms with Gasteiger partial charge in [0.15, 0.2) is 29.7 Å². The van der Waals surface area contributed by atoms with E-state index < -0.39 is 71.0 Å². The van der Waals surface area contributed by atoms with Gasteiger partial charge in [-0.3, -0.25) is 14.4 Å². The van der Waals surface area contributed by atoms with Gasteiger partial charge in [0, 0.05) is 31.2 Å². The van der Waals surface area contributed by atoms with E-state index >= 15 is 0 Å². The van der Waals surface area contributed by atoms with Crippen LogP contribution in [0.1, 0.15) is 26.8 Å². The van der Waals surface area contributed by atoms with Gasteiger partial charge in [0.05, 0.1) is 6.20 Å². The van der Waals surface area contributed by atoms with Crippen molar-refractivity contribution in [1.82, 2.24) is 15.0 Å². The maximum atomic E-state index is 13.9. The fraction of sp³-hybridized carbons (Fsp3) is 0.346. The number of rotatable bonds is 8. The molecule has 2 aromatic carbocycles. The Morgan fingerprint density at radius 2 is 1.54 bits per heavy atom. The Hall–Kier alpha value is -3.98. The van der Waals surface area contributed by atoms with E-state index in [9.17, 15) is 31.9 Å². The van der Waals surface area contributed by atoms with Crippen molar-refractivity contribution in [3.8, 4) is 11.3 Å². The van der Waals surface area contributed by atoms with Crippen LogP contribution in [0.4, 0.5) is 17.6 Å². The molecule has 3 aromatic rings. The van der Waals surface area contributed by atoms with Crippen molar-refractivity contribution in [1.29, 1.82) is 0 Å². The van der Waals surface area contributed by atoms with Gasteiger partial charge in [-0.25, -0.2) is 22.2 Å². The summed E-state index contributed by atoms with van der Waals surface area (Å²) in [5.41, 5.74) is -1.28. The van der Waals surface area contributed by atoms with Crippen LogP contribution in [0.15, 0.2) is 47.5 Å².